The summed E-state index contributed by atoms with van der Waals surface area (Å²) < 4.78 is 5.19. The predicted molar refractivity (Wildman–Crippen MR) is 86.6 cm³/mol. The zero-order chi connectivity index (χ0) is 16.3. The van der Waals surface area contributed by atoms with E-state index in [9.17, 15) is 9.59 Å². The highest BCUT2D eigenvalue weighted by Gasteiger charge is 2.41. The Labute approximate surface area is 138 Å². The van der Waals surface area contributed by atoms with Crippen molar-refractivity contribution in [2.45, 2.75) is 44.1 Å². The van der Waals surface area contributed by atoms with Crippen LogP contribution in [-0.4, -0.2) is 17.0 Å². The van der Waals surface area contributed by atoms with Gasteiger partial charge in [-0.1, -0.05) is 25.3 Å². The zero-order valence-corrected chi connectivity index (χ0v) is 13.5. The Bertz CT molecular complexity index is 683. The molecule has 1 aliphatic rings. The number of carboxylic acid groups (broad SMARTS) is 1. The van der Waals surface area contributed by atoms with Crippen molar-refractivity contribution < 1.29 is 19.1 Å². The molecule has 5 nitrogen and oxygen atoms in total. The molecule has 3 rings (SSSR count). The highest BCUT2D eigenvalue weighted by atomic mass is 32.1. The number of furan rings is 1. The fourth-order valence-electron chi connectivity index (χ4n) is 3.22. The first-order chi connectivity index (χ1) is 11.1. The lowest BCUT2D eigenvalue weighted by Crippen LogP contribution is -2.45. The van der Waals surface area contributed by atoms with E-state index in [2.05, 4.69) is 5.32 Å². The number of amides is 1. The molecule has 23 heavy (non-hydrogen) atoms. The molecule has 1 amide bonds. The molecule has 0 saturated heterocycles. The van der Waals surface area contributed by atoms with Gasteiger partial charge in [0.2, 0.25) is 11.7 Å². The van der Waals surface area contributed by atoms with Gasteiger partial charge in [-0.15, -0.1) is 11.3 Å². The van der Waals surface area contributed by atoms with E-state index in [0.29, 0.717) is 5.76 Å². The van der Waals surface area contributed by atoms with E-state index < -0.39 is 11.4 Å². The number of thiophene rings is 1. The maximum absolute atomic E-state index is 12.9. The summed E-state index contributed by atoms with van der Waals surface area (Å²) in [5.74, 6) is -0.759. The van der Waals surface area contributed by atoms with Gasteiger partial charge in [-0.05, 0) is 36.4 Å². The quantitative estimate of drug-likeness (QED) is 0.877. The summed E-state index contributed by atoms with van der Waals surface area (Å²) in [6.07, 6.45) is 4.99. The van der Waals surface area contributed by atoms with Gasteiger partial charge in [0.1, 0.15) is 5.76 Å². The third-order valence-corrected chi connectivity index (χ3v) is 5.50. The molecule has 6 heteroatoms. The van der Waals surface area contributed by atoms with Crippen molar-refractivity contribution in [3.05, 3.63) is 46.0 Å². The third kappa shape index (κ3) is 3.17. The van der Waals surface area contributed by atoms with Gasteiger partial charge in [0.25, 0.3) is 0 Å². The molecule has 0 bridgehead atoms. The molecule has 1 saturated carbocycles. The Morgan fingerprint density at radius 2 is 2.00 bits per heavy atom. The van der Waals surface area contributed by atoms with Crippen LogP contribution in [0.4, 0.5) is 0 Å². The Balaban J connectivity index is 1.72. The van der Waals surface area contributed by atoms with Gasteiger partial charge in [0, 0.05) is 4.88 Å². The number of rotatable bonds is 5. The van der Waals surface area contributed by atoms with Crippen molar-refractivity contribution >= 4 is 23.2 Å². The van der Waals surface area contributed by atoms with Crippen LogP contribution in [0.5, 0.6) is 0 Å². The van der Waals surface area contributed by atoms with E-state index >= 15 is 0 Å². The van der Waals surface area contributed by atoms with Crippen LogP contribution in [0, 0.1) is 0 Å². The molecule has 122 valence electrons. The molecule has 2 N–H and O–H groups in total. The molecule has 2 heterocycles. The molecule has 0 aliphatic heterocycles. The van der Waals surface area contributed by atoms with Crippen molar-refractivity contribution in [1.29, 1.82) is 0 Å². The van der Waals surface area contributed by atoms with Crippen LogP contribution in [0.25, 0.3) is 0 Å². The fraction of sp³-hybridized carbons (Fsp3) is 0.412. The predicted octanol–water partition coefficient (Wildman–Crippen LogP) is 3.56. The first-order valence-corrected chi connectivity index (χ1v) is 8.64. The van der Waals surface area contributed by atoms with E-state index in [0.717, 1.165) is 30.6 Å². The lowest BCUT2D eigenvalue weighted by atomic mass is 9.72. The average molecular weight is 333 g/mol. The number of carboxylic acids is 1. The van der Waals surface area contributed by atoms with Crippen molar-refractivity contribution in [3.8, 4) is 0 Å². The maximum atomic E-state index is 12.9. The first-order valence-electron chi connectivity index (χ1n) is 7.76. The summed E-state index contributed by atoms with van der Waals surface area (Å²) in [6, 6.07) is 7.00. The van der Waals surface area contributed by atoms with Gasteiger partial charge in [0.05, 0.1) is 12.0 Å². The second-order valence-corrected chi connectivity index (χ2v) is 6.82. The van der Waals surface area contributed by atoms with Crippen LogP contribution in [0.3, 0.4) is 0 Å². The number of nitrogens with one attached hydrogen (secondary N) is 1. The van der Waals surface area contributed by atoms with Crippen LogP contribution in [0.1, 0.15) is 53.3 Å². The van der Waals surface area contributed by atoms with Crippen LogP contribution < -0.4 is 5.32 Å². The second kappa shape index (κ2) is 6.58. The van der Waals surface area contributed by atoms with E-state index in [1.165, 1.54) is 12.5 Å². The molecule has 0 spiro atoms. The summed E-state index contributed by atoms with van der Waals surface area (Å²) in [4.78, 5) is 24.8. The summed E-state index contributed by atoms with van der Waals surface area (Å²) in [5, 5.41) is 13.8. The standard InChI is InChI=1S/C17H19NO4S/c19-15(20)13-7-6-12(22-13)11-18-16(21)17(8-2-1-3-9-17)14-5-4-10-23-14/h4-7,10H,1-3,8-9,11H2,(H,18,21)(H,19,20). The monoisotopic (exact) mass is 333 g/mol. The molecule has 1 fully saturated rings. The molecule has 0 atom stereocenters. The van der Waals surface area contributed by atoms with Crippen molar-refractivity contribution in [2.24, 2.45) is 0 Å². The smallest absolute Gasteiger partial charge is 0.371 e. The molecule has 2 aromatic rings. The molecule has 0 unspecified atom stereocenters. The van der Waals surface area contributed by atoms with Gasteiger partial charge in [0.15, 0.2) is 0 Å². The third-order valence-electron chi connectivity index (χ3n) is 4.43. The largest absolute Gasteiger partial charge is 0.475 e. The molecular formula is C17H19NO4S. The van der Waals surface area contributed by atoms with Gasteiger partial charge in [-0.3, -0.25) is 4.79 Å². The van der Waals surface area contributed by atoms with Gasteiger partial charge < -0.3 is 14.8 Å². The van der Waals surface area contributed by atoms with Gasteiger partial charge in [-0.25, -0.2) is 4.79 Å². The number of aromatic carboxylic acids is 1. The summed E-state index contributed by atoms with van der Waals surface area (Å²) in [7, 11) is 0. The number of carbonyl (C=O) groups is 2. The fourth-order valence-corrected chi connectivity index (χ4v) is 4.20. The normalized spacial score (nSPS) is 16.9. The molecular weight excluding hydrogens is 314 g/mol. The van der Waals surface area contributed by atoms with Crippen LogP contribution >= 0.6 is 11.3 Å². The van der Waals surface area contributed by atoms with Crippen LogP contribution in [0.2, 0.25) is 0 Å². The van der Waals surface area contributed by atoms with E-state index in [1.54, 1.807) is 17.4 Å². The molecule has 2 aromatic heterocycles. The lowest BCUT2D eigenvalue weighted by Gasteiger charge is -2.35. The Kier molecular flexibility index (Phi) is 4.52. The molecule has 0 radical (unpaired) electrons. The van der Waals surface area contributed by atoms with Gasteiger partial charge in [-0.2, -0.15) is 0 Å². The first kappa shape index (κ1) is 15.8. The van der Waals surface area contributed by atoms with Crippen molar-refractivity contribution in [1.82, 2.24) is 5.32 Å². The summed E-state index contributed by atoms with van der Waals surface area (Å²) in [6.45, 7) is 0.208. The van der Waals surface area contributed by atoms with E-state index in [1.807, 2.05) is 17.5 Å². The highest BCUT2D eigenvalue weighted by Crippen LogP contribution is 2.41. The lowest BCUT2D eigenvalue weighted by molar-refractivity contribution is -0.128. The second-order valence-electron chi connectivity index (χ2n) is 5.87. The topological polar surface area (TPSA) is 79.5 Å². The summed E-state index contributed by atoms with van der Waals surface area (Å²) >= 11 is 1.62. The Morgan fingerprint density at radius 3 is 2.61 bits per heavy atom. The minimum atomic E-state index is -1.11. The minimum absolute atomic E-state index is 0.00734. The van der Waals surface area contributed by atoms with Gasteiger partial charge >= 0.3 is 5.97 Å². The number of hydrogen-bond donors (Lipinski definition) is 2. The van der Waals surface area contributed by atoms with Crippen molar-refractivity contribution in [3.63, 3.8) is 0 Å². The van der Waals surface area contributed by atoms with Crippen molar-refractivity contribution in [2.75, 3.05) is 0 Å². The summed E-state index contributed by atoms with van der Waals surface area (Å²) in [5.41, 5.74) is -0.450. The Morgan fingerprint density at radius 1 is 1.22 bits per heavy atom. The van der Waals surface area contributed by atoms with Crippen LogP contribution in [0.15, 0.2) is 34.1 Å². The number of hydrogen-bond acceptors (Lipinski definition) is 4. The Hall–Kier alpha value is -2.08. The van der Waals surface area contributed by atoms with E-state index in [4.69, 9.17) is 9.52 Å². The maximum Gasteiger partial charge on any atom is 0.371 e. The SMILES string of the molecule is O=C(O)c1ccc(CNC(=O)C2(c3cccs3)CCCCC2)o1. The molecule has 0 aromatic carbocycles. The highest BCUT2D eigenvalue weighted by molar-refractivity contribution is 7.10. The minimum Gasteiger partial charge on any atom is -0.475 e. The molecule has 1 aliphatic carbocycles. The number of carbonyl (C=O) groups excluding carboxylic acids is 1. The van der Waals surface area contributed by atoms with E-state index in [-0.39, 0.29) is 18.2 Å². The zero-order valence-electron chi connectivity index (χ0n) is 12.7. The van der Waals surface area contributed by atoms with Crippen LogP contribution in [-0.2, 0) is 16.8 Å². The average Bonchev–Trinajstić information content (AvgIpc) is 3.25.